The minimum absolute atomic E-state index is 0.0115. The smallest absolute Gasteiger partial charge is 0.354 e. The largest absolute Gasteiger partial charge is 0.477 e. The second kappa shape index (κ2) is 7.76. The third-order valence-corrected chi connectivity index (χ3v) is 3.86. The summed E-state index contributed by atoms with van der Waals surface area (Å²) in [5, 5.41) is 14.9. The maximum atomic E-state index is 12.1. The second-order valence-electron chi connectivity index (χ2n) is 5.76. The van der Waals surface area contributed by atoms with E-state index in [4.69, 9.17) is 9.84 Å². The fraction of sp³-hybridized carbons (Fsp3) is 0.278. The molecule has 2 aromatic rings. The maximum Gasteiger partial charge on any atom is 0.354 e. The van der Waals surface area contributed by atoms with Crippen LogP contribution in [0.25, 0.3) is 0 Å². The van der Waals surface area contributed by atoms with Gasteiger partial charge in [-0.15, -0.1) is 0 Å². The van der Waals surface area contributed by atoms with Gasteiger partial charge in [-0.25, -0.2) is 9.78 Å². The van der Waals surface area contributed by atoms with Gasteiger partial charge in [-0.3, -0.25) is 4.79 Å². The predicted molar refractivity (Wildman–Crippen MR) is 92.6 cm³/mol. The number of carbonyl (C=O) groups is 2. The van der Waals surface area contributed by atoms with Gasteiger partial charge in [0.1, 0.15) is 11.9 Å². The SMILES string of the molecule is O=C(O)c1cccc(NCc2cccc(NC(=O)C3CCCO3)c2)n1. The van der Waals surface area contributed by atoms with Crippen LogP contribution in [0.4, 0.5) is 11.5 Å². The first kappa shape index (κ1) is 16.9. The lowest BCUT2D eigenvalue weighted by molar-refractivity contribution is -0.124. The molecule has 2 heterocycles. The number of rotatable bonds is 6. The van der Waals surface area contributed by atoms with Gasteiger partial charge >= 0.3 is 5.97 Å². The van der Waals surface area contributed by atoms with Gasteiger partial charge in [-0.2, -0.15) is 0 Å². The molecule has 25 heavy (non-hydrogen) atoms. The topological polar surface area (TPSA) is 101 Å². The van der Waals surface area contributed by atoms with Crippen LogP contribution in [0.3, 0.4) is 0 Å². The third-order valence-electron chi connectivity index (χ3n) is 3.86. The predicted octanol–water partition coefficient (Wildman–Crippen LogP) is 2.51. The van der Waals surface area contributed by atoms with Crippen molar-refractivity contribution in [3.8, 4) is 0 Å². The molecule has 1 aliphatic heterocycles. The number of carboxylic acid groups (broad SMARTS) is 1. The third kappa shape index (κ3) is 4.54. The van der Waals surface area contributed by atoms with E-state index in [1.54, 1.807) is 12.1 Å². The highest BCUT2D eigenvalue weighted by atomic mass is 16.5. The fourth-order valence-corrected chi connectivity index (χ4v) is 2.61. The van der Waals surface area contributed by atoms with E-state index in [2.05, 4.69) is 15.6 Å². The summed E-state index contributed by atoms with van der Waals surface area (Å²) in [5.74, 6) is -0.713. The van der Waals surface area contributed by atoms with E-state index in [1.807, 2.05) is 24.3 Å². The normalized spacial score (nSPS) is 16.4. The van der Waals surface area contributed by atoms with Gasteiger partial charge in [0.25, 0.3) is 5.91 Å². The Morgan fingerprint density at radius 1 is 1.24 bits per heavy atom. The van der Waals surface area contributed by atoms with Crippen LogP contribution < -0.4 is 10.6 Å². The van der Waals surface area contributed by atoms with Crippen molar-refractivity contribution >= 4 is 23.4 Å². The molecule has 3 rings (SSSR count). The van der Waals surface area contributed by atoms with Crippen molar-refractivity contribution < 1.29 is 19.4 Å². The van der Waals surface area contributed by atoms with Gasteiger partial charge in [0.05, 0.1) is 0 Å². The van der Waals surface area contributed by atoms with Crippen LogP contribution in [0, 0.1) is 0 Å². The van der Waals surface area contributed by atoms with E-state index in [1.165, 1.54) is 6.07 Å². The van der Waals surface area contributed by atoms with Gasteiger partial charge in [-0.1, -0.05) is 18.2 Å². The highest BCUT2D eigenvalue weighted by molar-refractivity contribution is 5.94. The van der Waals surface area contributed by atoms with Crippen molar-refractivity contribution in [3.63, 3.8) is 0 Å². The van der Waals surface area contributed by atoms with Gasteiger partial charge in [0.15, 0.2) is 5.69 Å². The van der Waals surface area contributed by atoms with Crippen molar-refractivity contribution in [2.75, 3.05) is 17.2 Å². The Morgan fingerprint density at radius 2 is 2.08 bits per heavy atom. The molecule has 1 aromatic carbocycles. The van der Waals surface area contributed by atoms with Gasteiger partial charge < -0.3 is 20.5 Å². The summed E-state index contributed by atoms with van der Waals surface area (Å²) in [6.45, 7) is 1.09. The fourth-order valence-electron chi connectivity index (χ4n) is 2.61. The van der Waals surface area contributed by atoms with Crippen LogP contribution in [0.2, 0.25) is 0 Å². The average Bonchev–Trinajstić information content (AvgIpc) is 3.15. The van der Waals surface area contributed by atoms with Crippen LogP contribution in [-0.2, 0) is 16.1 Å². The number of aromatic nitrogens is 1. The van der Waals surface area contributed by atoms with E-state index in [0.29, 0.717) is 24.7 Å². The van der Waals surface area contributed by atoms with Crippen molar-refractivity contribution in [3.05, 3.63) is 53.7 Å². The number of nitrogens with one attached hydrogen (secondary N) is 2. The van der Waals surface area contributed by atoms with E-state index >= 15 is 0 Å². The number of nitrogens with zero attached hydrogens (tertiary/aromatic N) is 1. The molecular weight excluding hydrogens is 322 g/mol. The lowest BCUT2D eigenvalue weighted by atomic mass is 10.2. The number of amides is 1. The molecule has 130 valence electrons. The van der Waals surface area contributed by atoms with E-state index in [-0.39, 0.29) is 17.7 Å². The summed E-state index contributed by atoms with van der Waals surface area (Å²) >= 11 is 0. The van der Waals surface area contributed by atoms with E-state index < -0.39 is 5.97 Å². The first-order valence-electron chi connectivity index (χ1n) is 8.07. The minimum atomic E-state index is -1.07. The molecular formula is C18H19N3O4. The van der Waals surface area contributed by atoms with Crippen LogP contribution in [0.1, 0.15) is 28.9 Å². The van der Waals surface area contributed by atoms with E-state index in [9.17, 15) is 9.59 Å². The molecule has 0 aliphatic carbocycles. The summed E-state index contributed by atoms with van der Waals surface area (Å²) in [6, 6.07) is 12.2. The molecule has 0 saturated carbocycles. The zero-order chi connectivity index (χ0) is 17.6. The summed E-state index contributed by atoms with van der Waals surface area (Å²) in [7, 11) is 0. The summed E-state index contributed by atoms with van der Waals surface area (Å²) in [5.41, 5.74) is 1.63. The van der Waals surface area contributed by atoms with Crippen LogP contribution in [0.15, 0.2) is 42.5 Å². The van der Waals surface area contributed by atoms with Gasteiger partial charge in [0.2, 0.25) is 0 Å². The molecule has 1 aliphatic rings. The Kier molecular flexibility index (Phi) is 5.25. The first-order chi connectivity index (χ1) is 12.1. The Hall–Kier alpha value is -2.93. The minimum Gasteiger partial charge on any atom is -0.477 e. The summed E-state index contributed by atoms with van der Waals surface area (Å²) in [6.07, 6.45) is 1.29. The Labute approximate surface area is 145 Å². The lowest BCUT2D eigenvalue weighted by Crippen LogP contribution is -2.26. The number of benzene rings is 1. The molecule has 0 radical (unpaired) electrons. The molecule has 3 N–H and O–H groups in total. The molecule has 1 aromatic heterocycles. The molecule has 7 heteroatoms. The Morgan fingerprint density at radius 3 is 2.84 bits per heavy atom. The number of ether oxygens (including phenoxy) is 1. The first-order valence-corrected chi connectivity index (χ1v) is 8.07. The van der Waals surface area contributed by atoms with Crippen molar-refractivity contribution in [1.29, 1.82) is 0 Å². The van der Waals surface area contributed by atoms with Gasteiger partial charge in [-0.05, 0) is 42.7 Å². The molecule has 1 fully saturated rings. The number of aromatic carboxylic acids is 1. The van der Waals surface area contributed by atoms with Crippen LogP contribution in [-0.4, -0.2) is 34.7 Å². The monoisotopic (exact) mass is 341 g/mol. The average molecular weight is 341 g/mol. The molecule has 1 amide bonds. The Balaban J connectivity index is 1.60. The zero-order valence-electron chi connectivity index (χ0n) is 13.6. The maximum absolute atomic E-state index is 12.1. The van der Waals surface area contributed by atoms with Crippen LogP contribution >= 0.6 is 0 Å². The van der Waals surface area contributed by atoms with Crippen LogP contribution in [0.5, 0.6) is 0 Å². The molecule has 1 saturated heterocycles. The zero-order valence-corrected chi connectivity index (χ0v) is 13.6. The highest BCUT2D eigenvalue weighted by Gasteiger charge is 2.23. The number of pyridine rings is 1. The molecule has 1 atom stereocenters. The quantitative estimate of drug-likeness (QED) is 0.746. The van der Waals surface area contributed by atoms with Crippen molar-refractivity contribution in [2.45, 2.75) is 25.5 Å². The number of carboxylic acids is 1. The lowest BCUT2D eigenvalue weighted by Gasteiger charge is -2.12. The van der Waals surface area contributed by atoms with Gasteiger partial charge in [0, 0.05) is 18.8 Å². The molecule has 1 unspecified atom stereocenters. The standard InChI is InChI=1S/C18H19N3O4/c22-17(15-7-3-9-25-15)20-13-5-1-4-12(10-13)11-19-16-8-2-6-14(21-16)18(23)24/h1-2,4-6,8,10,15H,3,7,9,11H2,(H,19,21)(H,20,22)(H,23,24). The number of hydrogen-bond donors (Lipinski definition) is 3. The number of hydrogen-bond acceptors (Lipinski definition) is 5. The molecule has 0 spiro atoms. The number of anilines is 2. The molecule has 0 bridgehead atoms. The summed E-state index contributed by atoms with van der Waals surface area (Å²) < 4.78 is 5.37. The number of carbonyl (C=O) groups excluding carboxylic acids is 1. The highest BCUT2D eigenvalue weighted by Crippen LogP contribution is 2.17. The Bertz CT molecular complexity index is 772. The van der Waals surface area contributed by atoms with E-state index in [0.717, 1.165) is 18.4 Å². The molecule has 7 nitrogen and oxygen atoms in total. The van der Waals surface area contributed by atoms with Crippen molar-refractivity contribution in [1.82, 2.24) is 4.98 Å². The second-order valence-corrected chi connectivity index (χ2v) is 5.76. The van der Waals surface area contributed by atoms with Crippen molar-refractivity contribution in [2.24, 2.45) is 0 Å². The summed E-state index contributed by atoms with van der Waals surface area (Å²) in [4.78, 5) is 27.0.